The highest BCUT2D eigenvalue weighted by Crippen LogP contribution is 2.33. The van der Waals surface area contributed by atoms with Crippen molar-refractivity contribution >= 4 is 11.3 Å². The van der Waals surface area contributed by atoms with Crippen LogP contribution < -0.4 is 15.2 Å². The van der Waals surface area contributed by atoms with Crippen LogP contribution in [0.5, 0.6) is 5.75 Å². The molecule has 5 heteroatoms. The molecule has 0 amide bonds. The standard InChI is InChI=1S/C18H17N3O2/c1-13-11-20(15-6-2-3-7-16(15)23-13)12-14-10-18(22)21-9-5-4-8-17(21)19-14/h2-10,13H,11-12H2,1H3/t13-/m1/s1. The van der Waals surface area contributed by atoms with Crippen molar-refractivity contribution in [1.82, 2.24) is 9.38 Å². The van der Waals surface area contributed by atoms with Gasteiger partial charge in [0, 0.05) is 12.3 Å². The SMILES string of the molecule is C[C@@H]1CN(Cc2cc(=O)n3ccccc3n2)c2ccccc2O1. The lowest BCUT2D eigenvalue weighted by atomic mass is 10.2. The van der Waals surface area contributed by atoms with Gasteiger partial charge < -0.3 is 9.64 Å². The van der Waals surface area contributed by atoms with Crippen molar-refractivity contribution in [1.29, 1.82) is 0 Å². The molecule has 3 aromatic rings. The lowest BCUT2D eigenvalue weighted by Gasteiger charge is -2.34. The first-order valence-electron chi connectivity index (χ1n) is 7.69. The molecule has 0 saturated heterocycles. The summed E-state index contributed by atoms with van der Waals surface area (Å²) in [6, 6.07) is 15.1. The van der Waals surface area contributed by atoms with Gasteiger partial charge >= 0.3 is 0 Å². The molecule has 116 valence electrons. The Kier molecular flexibility index (Phi) is 3.26. The van der Waals surface area contributed by atoms with Gasteiger partial charge in [0.05, 0.1) is 24.5 Å². The van der Waals surface area contributed by atoms with Gasteiger partial charge in [0.2, 0.25) is 0 Å². The Balaban J connectivity index is 1.72. The smallest absolute Gasteiger partial charge is 0.258 e. The summed E-state index contributed by atoms with van der Waals surface area (Å²) in [6.45, 7) is 3.41. The van der Waals surface area contributed by atoms with E-state index >= 15 is 0 Å². The molecule has 1 aliphatic heterocycles. The highest BCUT2D eigenvalue weighted by molar-refractivity contribution is 5.60. The zero-order chi connectivity index (χ0) is 15.8. The second kappa shape index (κ2) is 5.43. The molecule has 0 bridgehead atoms. The number of nitrogens with zero attached hydrogens (tertiary/aromatic N) is 3. The maximum Gasteiger partial charge on any atom is 0.258 e. The Labute approximate surface area is 133 Å². The number of ether oxygens (including phenoxy) is 1. The summed E-state index contributed by atoms with van der Waals surface area (Å²) in [6.07, 6.45) is 1.84. The molecule has 0 aliphatic carbocycles. The minimum Gasteiger partial charge on any atom is -0.487 e. The Morgan fingerprint density at radius 3 is 2.96 bits per heavy atom. The van der Waals surface area contributed by atoms with Crippen LogP contribution in [0.4, 0.5) is 5.69 Å². The number of anilines is 1. The zero-order valence-corrected chi connectivity index (χ0v) is 12.8. The number of aromatic nitrogens is 2. The third-order valence-electron chi connectivity index (χ3n) is 3.99. The third-order valence-corrected chi connectivity index (χ3v) is 3.99. The van der Waals surface area contributed by atoms with Crippen molar-refractivity contribution < 1.29 is 4.74 Å². The normalized spacial score (nSPS) is 16.9. The topological polar surface area (TPSA) is 46.8 Å². The number of para-hydroxylation sites is 2. The van der Waals surface area contributed by atoms with E-state index in [1.165, 1.54) is 0 Å². The number of fused-ring (bicyclic) bond motifs is 2. The van der Waals surface area contributed by atoms with Gasteiger partial charge in [-0.2, -0.15) is 0 Å². The molecule has 4 rings (SSSR count). The molecule has 2 aromatic heterocycles. The van der Waals surface area contributed by atoms with Crippen LogP contribution >= 0.6 is 0 Å². The quantitative estimate of drug-likeness (QED) is 0.730. The first-order chi connectivity index (χ1) is 11.2. The zero-order valence-electron chi connectivity index (χ0n) is 12.8. The third kappa shape index (κ3) is 2.54. The fourth-order valence-electron chi connectivity index (χ4n) is 3.01. The fraction of sp³-hybridized carbons (Fsp3) is 0.222. The highest BCUT2D eigenvalue weighted by atomic mass is 16.5. The summed E-state index contributed by atoms with van der Waals surface area (Å²) in [5.74, 6) is 0.878. The molecule has 1 aromatic carbocycles. The molecule has 0 spiro atoms. The molecule has 0 unspecified atom stereocenters. The van der Waals surface area contributed by atoms with Crippen LogP contribution in [-0.4, -0.2) is 22.0 Å². The van der Waals surface area contributed by atoms with E-state index in [2.05, 4.69) is 9.88 Å². The summed E-state index contributed by atoms with van der Waals surface area (Å²) in [7, 11) is 0. The molecular weight excluding hydrogens is 290 g/mol. The first-order valence-corrected chi connectivity index (χ1v) is 7.69. The Bertz CT molecular complexity index is 919. The van der Waals surface area contributed by atoms with Crippen LogP contribution in [0, 0.1) is 0 Å². The van der Waals surface area contributed by atoms with E-state index in [-0.39, 0.29) is 11.7 Å². The Morgan fingerprint density at radius 1 is 1.22 bits per heavy atom. The summed E-state index contributed by atoms with van der Waals surface area (Å²) in [5, 5.41) is 0. The summed E-state index contributed by atoms with van der Waals surface area (Å²) < 4.78 is 7.42. The van der Waals surface area contributed by atoms with Gasteiger partial charge in [-0.05, 0) is 31.2 Å². The van der Waals surface area contributed by atoms with Gasteiger partial charge in [-0.25, -0.2) is 4.98 Å². The minimum absolute atomic E-state index is 0.0554. The number of rotatable bonds is 2. The van der Waals surface area contributed by atoms with Crippen molar-refractivity contribution in [3.63, 3.8) is 0 Å². The highest BCUT2D eigenvalue weighted by Gasteiger charge is 2.23. The van der Waals surface area contributed by atoms with Gasteiger partial charge in [0.1, 0.15) is 17.5 Å². The number of hydrogen-bond donors (Lipinski definition) is 0. The lowest BCUT2D eigenvalue weighted by molar-refractivity contribution is 0.212. The monoisotopic (exact) mass is 307 g/mol. The van der Waals surface area contributed by atoms with Crippen molar-refractivity contribution in [2.75, 3.05) is 11.4 Å². The van der Waals surface area contributed by atoms with Gasteiger partial charge in [0.15, 0.2) is 0 Å². The summed E-state index contributed by atoms with van der Waals surface area (Å²) in [5.41, 5.74) is 2.43. The van der Waals surface area contributed by atoms with E-state index in [1.807, 2.05) is 49.4 Å². The van der Waals surface area contributed by atoms with E-state index in [0.29, 0.717) is 12.2 Å². The van der Waals surface area contributed by atoms with E-state index in [9.17, 15) is 4.79 Å². The molecule has 0 radical (unpaired) electrons. The lowest BCUT2D eigenvalue weighted by Crippen LogP contribution is -2.38. The molecular formula is C18H17N3O2. The van der Waals surface area contributed by atoms with E-state index < -0.39 is 0 Å². The predicted molar refractivity (Wildman–Crippen MR) is 89.0 cm³/mol. The Hall–Kier alpha value is -2.82. The molecule has 1 atom stereocenters. The maximum atomic E-state index is 12.2. The van der Waals surface area contributed by atoms with Crippen LogP contribution in [0.25, 0.3) is 5.65 Å². The van der Waals surface area contributed by atoms with Crippen LogP contribution in [-0.2, 0) is 6.54 Å². The van der Waals surface area contributed by atoms with Crippen molar-refractivity contribution in [2.45, 2.75) is 19.6 Å². The average molecular weight is 307 g/mol. The van der Waals surface area contributed by atoms with Crippen LogP contribution in [0.15, 0.2) is 59.5 Å². The number of pyridine rings is 1. The van der Waals surface area contributed by atoms with Crippen LogP contribution in [0.3, 0.4) is 0 Å². The van der Waals surface area contributed by atoms with E-state index in [1.54, 1.807) is 16.7 Å². The number of hydrogen-bond acceptors (Lipinski definition) is 4. The maximum absolute atomic E-state index is 12.2. The molecule has 5 nitrogen and oxygen atoms in total. The summed E-state index contributed by atoms with van der Waals surface area (Å²) >= 11 is 0. The van der Waals surface area contributed by atoms with Gasteiger partial charge in [0.25, 0.3) is 5.56 Å². The minimum atomic E-state index is -0.0554. The average Bonchev–Trinajstić information content (AvgIpc) is 2.55. The van der Waals surface area contributed by atoms with Gasteiger partial charge in [-0.15, -0.1) is 0 Å². The molecule has 0 N–H and O–H groups in total. The molecule has 3 heterocycles. The van der Waals surface area contributed by atoms with Crippen LogP contribution in [0.2, 0.25) is 0 Å². The summed E-state index contributed by atoms with van der Waals surface area (Å²) in [4.78, 5) is 19.1. The molecule has 0 fully saturated rings. The van der Waals surface area contributed by atoms with E-state index in [0.717, 1.165) is 23.7 Å². The van der Waals surface area contributed by atoms with Gasteiger partial charge in [-0.1, -0.05) is 18.2 Å². The second-order valence-electron chi connectivity index (χ2n) is 5.79. The fourth-order valence-corrected chi connectivity index (χ4v) is 3.01. The predicted octanol–water partition coefficient (Wildman–Crippen LogP) is 2.48. The molecule has 1 aliphatic rings. The van der Waals surface area contributed by atoms with Crippen molar-refractivity contribution in [2.24, 2.45) is 0 Å². The molecule has 23 heavy (non-hydrogen) atoms. The van der Waals surface area contributed by atoms with Crippen LogP contribution in [0.1, 0.15) is 12.6 Å². The number of benzene rings is 1. The van der Waals surface area contributed by atoms with E-state index in [4.69, 9.17) is 4.74 Å². The van der Waals surface area contributed by atoms with Crippen molar-refractivity contribution in [3.05, 3.63) is 70.8 Å². The largest absolute Gasteiger partial charge is 0.487 e. The van der Waals surface area contributed by atoms with Crippen molar-refractivity contribution in [3.8, 4) is 5.75 Å². The van der Waals surface area contributed by atoms with Gasteiger partial charge in [-0.3, -0.25) is 9.20 Å². The second-order valence-corrected chi connectivity index (χ2v) is 5.79. The first kappa shape index (κ1) is 13.8. The molecule has 0 saturated carbocycles. The Morgan fingerprint density at radius 2 is 2.04 bits per heavy atom.